The molecule has 110 valence electrons. The standard InChI is InChI=1S/C15H18N4O2/c16-15(20)12-7-4-8-19(12)10-14-18-17-13(21-14)9-11-5-2-1-3-6-11/h1-3,5-6,12H,4,7-10H2,(H2,16,20)/t12-/m1/s1. The molecule has 1 aromatic carbocycles. The first-order valence-corrected chi connectivity index (χ1v) is 7.11. The normalized spacial score (nSPS) is 19.0. The van der Waals surface area contributed by atoms with Gasteiger partial charge in [0.15, 0.2) is 0 Å². The SMILES string of the molecule is NC(=O)[C@H]1CCCN1Cc1nnc(Cc2ccccc2)o1. The molecular weight excluding hydrogens is 268 g/mol. The molecule has 21 heavy (non-hydrogen) atoms. The Kier molecular flexibility index (Phi) is 3.96. The van der Waals surface area contributed by atoms with Crippen molar-refractivity contribution in [1.29, 1.82) is 0 Å². The molecule has 1 aliphatic heterocycles. The molecule has 0 spiro atoms. The van der Waals surface area contributed by atoms with Crippen LogP contribution in [0.1, 0.15) is 30.2 Å². The molecule has 1 aliphatic rings. The number of primary amides is 1. The monoisotopic (exact) mass is 286 g/mol. The van der Waals surface area contributed by atoms with Gasteiger partial charge in [-0.05, 0) is 24.9 Å². The van der Waals surface area contributed by atoms with Crippen LogP contribution in [0.15, 0.2) is 34.7 Å². The second-order valence-electron chi connectivity index (χ2n) is 5.28. The van der Waals surface area contributed by atoms with E-state index in [1.54, 1.807) is 0 Å². The van der Waals surface area contributed by atoms with Gasteiger partial charge in [0, 0.05) is 0 Å². The summed E-state index contributed by atoms with van der Waals surface area (Å²) in [5, 5.41) is 8.12. The molecule has 2 aromatic rings. The molecule has 6 nitrogen and oxygen atoms in total. The topological polar surface area (TPSA) is 85.3 Å². The molecule has 0 unspecified atom stereocenters. The summed E-state index contributed by atoms with van der Waals surface area (Å²) in [7, 11) is 0. The minimum absolute atomic E-state index is 0.213. The number of carbonyl (C=O) groups excluding carboxylic acids is 1. The summed E-state index contributed by atoms with van der Waals surface area (Å²) in [6.45, 7) is 1.32. The minimum atomic E-state index is -0.281. The number of nitrogens with zero attached hydrogens (tertiary/aromatic N) is 3. The molecule has 2 N–H and O–H groups in total. The van der Waals surface area contributed by atoms with Gasteiger partial charge in [-0.25, -0.2) is 0 Å². The zero-order chi connectivity index (χ0) is 14.7. The van der Waals surface area contributed by atoms with Crippen LogP contribution in [-0.4, -0.2) is 33.6 Å². The van der Waals surface area contributed by atoms with Gasteiger partial charge in [0.2, 0.25) is 17.7 Å². The van der Waals surface area contributed by atoms with E-state index in [9.17, 15) is 4.79 Å². The van der Waals surface area contributed by atoms with E-state index >= 15 is 0 Å². The highest BCUT2D eigenvalue weighted by Gasteiger charge is 2.30. The van der Waals surface area contributed by atoms with Crippen LogP contribution in [0.4, 0.5) is 0 Å². The average Bonchev–Trinajstić information content (AvgIpc) is 3.10. The highest BCUT2D eigenvalue weighted by atomic mass is 16.4. The van der Waals surface area contributed by atoms with Crippen LogP contribution >= 0.6 is 0 Å². The Bertz CT molecular complexity index is 611. The summed E-state index contributed by atoms with van der Waals surface area (Å²) in [4.78, 5) is 13.4. The molecule has 2 heterocycles. The van der Waals surface area contributed by atoms with Crippen molar-refractivity contribution in [1.82, 2.24) is 15.1 Å². The first kappa shape index (κ1) is 13.8. The van der Waals surface area contributed by atoms with Gasteiger partial charge in [-0.3, -0.25) is 9.69 Å². The van der Waals surface area contributed by atoms with E-state index < -0.39 is 0 Å². The van der Waals surface area contributed by atoms with Crippen molar-refractivity contribution in [2.75, 3.05) is 6.54 Å². The van der Waals surface area contributed by atoms with Crippen LogP contribution < -0.4 is 5.73 Å². The zero-order valence-corrected chi connectivity index (χ0v) is 11.7. The summed E-state index contributed by atoms with van der Waals surface area (Å²) in [5.74, 6) is 0.844. The van der Waals surface area contributed by atoms with E-state index in [0.29, 0.717) is 24.7 Å². The number of likely N-dealkylation sites (tertiary alicyclic amines) is 1. The summed E-state index contributed by atoms with van der Waals surface area (Å²) >= 11 is 0. The number of aromatic nitrogens is 2. The molecule has 3 rings (SSSR count). The van der Waals surface area contributed by atoms with E-state index in [-0.39, 0.29) is 11.9 Å². The smallest absolute Gasteiger partial charge is 0.234 e. The number of carbonyl (C=O) groups is 1. The first-order valence-electron chi connectivity index (χ1n) is 7.11. The van der Waals surface area contributed by atoms with Crippen LogP contribution in [0, 0.1) is 0 Å². The van der Waals surface area contributed by atoms with Crippen LogP contribution in [0.2, 0.25) is 0 Å². The number of hydrogen-bond donors (Lipinski definition) is 1. The summed E-state index contributed by atoms with van der Waals surface area (Å²) < 4.78 is 5.66. The Morgan fingerprint density at radius 2 is 2.05 bits per heavy atom. The van der Waals surface area contributed by atoms with E-state index in [1.807, 2.05) is 35.2 Å². The average molecular weight is 286 g/mol. The van der Waals surface area contributed by atoms with E-state index in [2.05, 4.69) is 10.2 Å². The Hall–Kier alpha value is -2.21. The van der Waals surface area contributed by atoms with Gasteiger partial charge in [0.05, 0.1) is 19.0 Å². The van der Waals surface area contributed by atoms with Gasteiger partial charge in [-0.15, -0.1) is 10.2 Å². The predicted octanol–water partition coefficient (Wildman–Crippen LogP) is 1.11. The molecular formula is C15H18N4O2. The number of benzene rings is 1. The summed E-state index contributed by atoms with van der Waals surface area (Å²) in [5.41, 5.74) is 6.53. The van der Waals surface area contributed by atoms with Gasteiger partial charge < -0.3 is 10.2 Å². The quantitative estimate of drug-likeness (QED) is 0.890. The van der Waals surface area contributed by atoms with Crippen molar-refractivity contribution in [3.05, 3.63) is 47.7 Å². The van der Waals surface area contributed by atoms with Gasteiger partial charge in [0.25, 0.3) is 0 Å². The predicted molar refractivity (Wildman–Crippen MR) is 76.2 cm³/mol. The lowest BCUT2D eigenvalue weighted by molar-refractivity contribution is -0.122. The van der Waals surface area contributed by atoms with Crippen molar-refractivity contribution >= 4 is 5.91 Å². The van der Waals surface area contributed by atoms with Gasteiger partial charge in [0.1, 0.15) is 0 Å². The molecule has 6 heteroatoms. The lowest BCUT2D eigenvalue weighted by Crippen LogP contribution is -2.39. The maximum atomic E-state index is 11.4. The van der Waals surface area contributed by atoms with Crippen molar-refractivity contribution in [2.45, 2.75) is 31.8 Å². The lowest BCUT2D eigenvalue weighted by atomic mass is 10.2. The lowest BCUT2D eigenvalue weighted by Gasteiger charge is -2.19. The van der Waals surface area contributed by atoms with Crippen molar-refractivity contribution in [3.8, 4) is 0 Å². The highest BCUT2D eigenvalue weighted by Crippen LogP contribution is 2.19. The fourth-order valence-corrected chi connectivity index (χ4v) is 2.71. The van der Waals surface area contributed by atoms with E-state index in [0.717, 1.165) is 24.9 Å². The first-order chi connectivity index (χ1) is 10.2. The Labute approximate surface area is 123 Å². The minimum Gasteiger partial charge on any atom is -0.424 e. The summed E-state index contributed by atoms with van der Waals surface area (Å²) in [6.07, 6.45) is 2.39. The molecule has 1 fully saturated rings. The maximum absolute atomic E-state index is 11.4. The molecule has 1 aromatic heterocycles. The van der Waals surface area contributed by atoms with Crippen molar-refractivity contribution < 1.29 is 9.21 Å². The molecule has 1 saturated heterocycles. The van der Waals surface area contributed by atoms with Crippen LogP contribution in [0.5, 0.6) is 0 Å². The van der Waals surface area contributed by atoms with Crippen LogP contribution in [0.25, 0.3) is 0 Å². The maximum Gasteiger partial charge on any atom is 0.234 e. The third-order valence-corrected chi connectivity index (χ3v) is 3.74. The van der Waals surface area contributed by atoms with Crippen molar-refractivity contribution in [2.24, 2.45) is 5.73 Å². The fourth-order valence-electron chi connectivity index (χ4n) is 2.71. The molecule has 0 saturated carbocycles. The van der Waals surface area contributed by atoms with Gasteiger partial charge in [-0.2, -0.15) is 0 Å². The Balaban J connectivity index is 1.64. The van der Waals surface area contributed by atoms with Crippen LogP contribution in [0.3, 0.4) is 0 Å². The van der Waals surface area contributed by atoms with E-state index in [4.69, 9.17) is 10.2 Å². The number of nitrogens with two attached hydrogens (primary N) is 1. The molecule has 1 amide bonds. The fraction of sp³-hybridized carbons (Fsp3) is 0.400. The van der Waals surface area contributed by atoms with E-state index in [1.165, 1.54) is 0 Å². The van der Waals surface area contributed by atoms with Crippen molar-refractivity contribution in [3.63, 3.8) is 0 Å². The van der Waals surface area contributed by atoms with Crippen LogP contribution in [-0.2, 0) is 17.8 Å². The molecule has 0 aliphatic carbocycles. The molecule has 0 radical (unpaired) electrons. The largest absolute Gasteiger partial charge is 0.424 e. The Morgan fingerprint density at radius 1 is 1.29 bits per heavy atom. The second-order valence-corrected chi connectivity index (χ2v) is 5.28. The highest BCUT2D eigenvalue weighted by molar-refractivity contribution is 5.80. The van der Waals surface area contributed by atoms with Gasteiger partial charge >= 0.3 is 0 Å². The third-order valence-electron chi connectivity index (χ3n) is 3.74. The number of amides is 1. The second kappa shape index (κ2) is 6.05. The Morgan fingerprint density at radius 3 is 2.81 bits per heavy atom. The molecule has 0 bridgehead atoms. The third kappa shape index (κ3) is 3.28. The number of rotatable bonds is 5. The summed E-state index contributed by atoms with van der Waals surface area (Å²) in [6, 6.07) is 9.76. The van der Waals surface area contributed by atoms with Gasteiger partial charge in [-0.1, -0.05) is 30.3 Å². The number of hydrogen-bond acceptors (Lipinski definition) is 5. The zero-order valence-electron chi connectivity index (χ0n) is 11.7. The molecule has 1 atom stereocenters.